The molecule has 3 aromatic carbocycles. The van der Waals surface area contributed by atoms with E-state index in [0.717, 1.165) is 22.3 Å². The standard InChI is InChI=1S/C35H34N6O4S/c1-24(46(42,43)35(2,3)4)22-40(5)26-11-13-27(14-12-26)45-28-15-16-29-31(21-28)36-20-19-32(29)44-23-34-38-37-33-18-17-30(39-41(33)34)25-9-7-6-8-10-25/h6-21H,1,22-23H2,2-5H3. The molecule has 0 N–H and O–H groups in total. The van der Waals surface area contributed by atoms with Crippen molar-refractivity contribution in [2.45, 2.75) is 32.1 Å². The number of hydrogen-bond acceptors (Lipinski definition) is 9. The summed E-state index contributed by atoms with van der Waals surface area (Å²) in [5.41, 5.74) is 4.00. The molecule has 10 nitrogen and oxygen atoms in total. The Morgan fingerprint density at radius 3 is 2.39 bits per heavy atom. The number of hydrogen-bond donors (Lipinski definition) is 0. The normalized spacial score (nSPS) is 11.9. The third kappa shape index (κ3) is 6.27. The zero-order valence-corrected chi connectivity index (χ0v) is 26.9. The number of fused-ring (bicyclic) bond motifs is 2. The summed E-state index contributed by atoms with van der Waals surface area (Å²) < 4.78 is 38.5. The Kier molecular flexibility index (Phi) is 8.18. The quantitative estimate of drug-likeness (QED) is 0.159. The molecule has 0 unspecified atom stereocenters. The Morgan fingerprint density at radius 2 is 1.65 bits per heavy atom. The second-order valence-corrected chi connectivity index (χ2v) is 14.7. The van der Waals surface area contributed by atoms with Gasteiger partial charge >= 0.3 is 0 Å². The van der Waals surface area contributed by atoms with Crippen LogP contribution in [0.1, 0.15) is 26.6 Å². The van der Waals surface area contributed by atoms with Crippen LogP contribution in [-0.2, 0) is 16.4 Å². The molecule has 0 bridgehead atoms. The molecular weight excluding hydrogens is 600 g/mol. The second kappa shape index (κ2) is 12.2. The van der Waals surface area contributed by atoms with Crippen LogP contribution in [0, 0.1) is 0 Å². The molecule has 0 aliphatic heterocycles. The SMILES string of the molecule is C=C(CN(C)c1ccc(Oc2ccc3c(OCc4nnc5ccc(-c6ccccc6)nn45)ccnc3c2)cc1)S(=O)(=O)C(C)(C)C. The molecule has 6 aromatic rings. The van der Waals surface area contributed by atoms with Gasteiger partial charge in [-0.05, 0) is 75.4 Å². The van der Waals surface area contributed by atoms with Gasteiger partial charge in [0.25, 0.3) is 0 Å². The molecule has 0 spiro atoms. The first-order valence-corrected chi connectivity index (χ1v) is 16.2. The summed E-state index contributed by atoms with van der Waals surface area (Å²) in [6.45, 7) is 9.22. The van der Waals surface area contributed by atoms with Crippen LogP contribution in [0.5, 0.6) is 17.2 Å². The lowest BCUT2D eigenvalue weighted by Gasteiger charge is -2.25. The average molecular weight is 635 g/mol. The first-order chi connectivity index (χ1) is 22.0. The fraction of sp³-hybridized carbons (Fsp3) is 0.200. The van der Waals surface area contributed by atoms with Gasteiger partial charge in [0.1, 0.15) is 23.9 Å². The van der Waals surface area contributed by atoms with E-state index in [-0.39, 0.29) is 18.1 Å². The predicted octanol–water partition coefficient (Wildman–Crippen LogP) is 6.87. The van der Waals surface area contributed by atoms with Gasteiger partial charge in [-0.1, -0.05) is 36.9 Å². The number of likely N-dealkylation sites (N-methyl/N-ethyl adjacent to an activating group) is 1. The predicted molar refractivity (Wildman–Crippen MR) is 180 cm³/mol. The molecule has 3 aromatic heterocycles. The Labute approximate surface area is 267 Å². The van der Waals surface area contributed by atoms with Gasteiger partial charge in [0.15, 0.2) is 21.3 Å². The third-order valence-corrected chi connectivity index (χ3v) is 10.0. The number of aromatic nitrogens is 5. The summed E-state index contributed by atoms with van der Waals surface area (Å²) in [7, 11) is -1.64. The van der Waals surface area contributed by atoms with Gasteiger partial charge < -0.3 is 14.4 Å². The van der Waals surface area contributed by atoms with Crippen molar-refractivity contribution in [3.05, 3.63) is 115 Å². The topological polar surface area (TPSA) is 112 Å². The van der Waals surface area contributed by atoms with E-state index in [9.17, 15) is 8.42 Å². The van der Waals surface area contributed by atoms with Crippen molar-refractivity contribution in [2.75, 3.05) is 18.5 Å². The zero-order chi connectivity index (χ0) is 32.5. The van der Waals surface area contributed by atoms with Gasteiger partial charge in [0, 0.05) is 35.9 Å². The van der Waals surface area contributed by atoms with E-state index in [1.54, 1.807) is 31.5 Å². The fourth-order valence-electron chi connectivity index (χ4n) is 4.90. The summed E-state index contributed by atoms with van der Waals surface area (Å²) in [6.07, 6.45) is 1.69. The van der Waals surface area contributed by atoms with Crippen molar-refractivity contribution in [1.82, 2.24) is 24.8 Å². The number of benzene rings is 3. The molecule has 3 heterocycles. The maximum Gasteiger partial charge on any atom is 0.192 e. The van der Waals surface area contributed by atoms with Crippen LogP contribution in [0.15, 0.2) is 109 Å². The van der Waals surface area contributed by atoms with Crippen molar-refractivity contribution in [2.24, 2.45) is 0 Å². The Hall–Kier alpha value is -5.29. The molecule has 0 saturated heterocycles. The van der Waals surface area contributed by atoms with Crippen molar-refractivity contribution in [1.29, 1.82) is 0 Å². The lowest BCUT2D eigenvalue weighted by molar-refractivity contribution is 0.296. The van der Waals surface area contributed by atoms with Crippen LogP contribution in [0.4, 0.5) is 5.69 Å². The molecule has 0 radical (unpaired) electrons. The minimum atomic E-state index is -3.47. The van der Waals surface area contributed by atoms with Crippen molar-refractivity contribution < 1.29 is 17.9 Å². The van der Waals surface area contributed by atoms with E-state index in [0.29, 0.717) is 34.2 Å². The fourth-order valence-corrected chi connectivity index (χ4v) is 6.13. The number of rotatable bonds is 10. The Morgan fingerprint density at radius 1 is 0.913 bits per heavy atom. The van der Waals surface area contributed by atoms with Crippen molar-refractivity contribution in [3.8, 4) is 28.5 Å². The number of pyridine rings is 1. The number of sulfone groups is 1. The van der Waals surface area contributed by atoms with E-state index < -0.39 is 14.6 Å². The lowest BCUT2D eigenvalue weighted by atomic mass is 10.1. The summed E-state index contributed by atoms with van der Waals surface area (Å²) in [4.78, 5) is 6.54. The van der Waals surface area contributed by atoms with Crippen LogP contribution < -0.4 is 14.4 Å². The molecule has 0 aliphatic carbocycles. The minimum Gasteiger partial charge on any atom is -0.485 e. The highest BCUT2D eigenvalue weighted by Crippen LogP contribution is 2.31. The largest absolute Gasteiger partial charge is 0.485 e. The smallest absolute Gasteiger partial charge is 0.192 e. The van der Waals surface area contributed by atoms with Crippen molar-refractivity contribution >= 4 is 32.1 Å². The highest BCUT2D eigenvalue weighted by molar-refractivity contribution is 7.96. The van der Waals surface area contributed by atoms with E-state index in [1.165, 1.54) is 0 Å². The molecule has 0 fully saturated rings. The van der Waals surface area contributed by atoms with Gasteiger partial charge in [-0.25, -0.2) is 8.42 Å². The summed E-state index contributed by atoms with van der Waals surface area (Å²) >= 11 is 0. The molecule has 11 heteroatoms. The van der Waals surface area contributed by atoms with Crippen LogP contribution in [0.3, 0.4) is 0 Å². The van der Waals surface area contributed by atoms with Crippen LogP contribution in [0.2, 0.25) is 0 Å². The zero-order valence-electron chi connectivity index (χ0n) is 26.1. The average Bonchev–Trinajstić information content (AvgIpc) is 3.46. The molecule has 6 rings (SSSR count). The second-order valence-electron chi connectivity index (χ2n) is 11.9. The van der Waals surface area contributed by atoms with Gasteiger partial charge in [-0.2, -0.15) is 9.61 Å². The molecule has 0 amide bonds. The lowest BCUT2D eigenvalue weighted by Crippen LogP contribution is -2.33. The Bertz CT molecular complexity index is 2140. The molecule has 0 aliphatic rings. The summed E-state index contributed by atoms with van der Waals surface area (Å²) in [5, 5.41) is 14.1. The van der Waals surface area contributed by atoms with Crippen LogP contribution in [0.25, 0.3) is 27.8 Å². The van der Waals surface area contributed by atoms with E-state index in [4.69, 9.17) is 14.6 Å². The summed E-state index contributed by atoms with van der Waals surface area (Å²) in [5.74, 6) is 2.47. The number of anilines is 1. The molecule has 46 heavy (non-hydrogen) atoms. The van der Waals surface area contributed by atoms with E-state index in [1.807, 2.05) is 103 Å². The molecular formula is C35H34N6O4S. The highest BCUT2D eigenvalue weighted by atomic mass is 32.2. The van der Waals surface area contributed by atoms with Gasteiger partial charge in [0.05, 0.1) is 27.4 Å². The number of ether oxygens (including phenoxy) is 2. The monoisotopic (exact) mass is 634 g/mol. The molecule has 0 saturated carbocycles. The molecule has 234 valence electrons. The van der Waals surface area contributed by atoms with Gasteiger partial charge in [-0.15, -0.1) is 10.2 Å². The van der Waals surface area contributed by atoms with Gasteiger partial charge in [-0.3, -0.25) is 4.98 Å². The van der Waals surface area contributed by atoms with E-state index >= 15 is 0 Å². The van der Waals surface area contributed by atoms with Crippen molar-refractivity contribution in [3.63, 3.8) is 0 Å². The van der Waals surface area contributed by atoms with Crippen LogP contribution in [-0.4, -0.2) is 51.6 Å². The Balaban J connectivity index is 1.13. The summed E-state index contributed by atoms with van der Waals surface area (Å²) in [6, 6.07) is 28.6. The third-order valence-electron chi connectivity index (χ3n) is 7.54. The molecule has 0 atom stereocenters. The van der Waals surface area contributed by atoms with Crippen LogP contribution >= 0.6 is 0 Å². The van der Waals surface area contributed by atoms with E-state index in [2.05, 4.69) is 21.8 Å². The van der Waals surface area contributed by atoms with Gasteiger partial charge in [0.2, 0.25) is 0 Å². The highest BCUT2D eigenvalue weighted by Gasteiger charge is 2.32. The maximum absolute atomic E-state index is 12.7. The minimum absolute atomic E-state index is 0.167. The maximum atomic E-state index is 12.7. The first kappa shape index (κ1) is 30.7. The first-order valence-electron chi connectivity index (χ1n) is 14.7. The number of nitrogens with zero attached hydrogens (tertiary/aromatic N) is 6.